The van der Waals surface area contributed by atoms with E-state index in [1.807, 2.05) is 40.8 Å². The quantitative estimate of drug-likeness (QED) is 0.478. The third-order valence-electron chi connectivity index (χ3n) is 4.24. The lowest BCUT2D eigenvalue weighted by molar-refractivity contribution is -0.113. The van der Waals surface area contributed by atoms with Crippen molar-refractivity contribution in [1.29, 1.82) is 0 Å². The van der Waals surface area contributed by atoms with Crippen molar-refractivity contribution < 1.29 is 4.79 Å². The third kappa shape index (κ3) is 3.55. The Balaban J connectivity index is 1.63. The van der Waals surface area contributed by atoms with Crippen LogP contribution in [0.3, 0.4) is 0 Å². The first-order chi connectivity index (χ1) is 13.5. The van der Waals surface area contributed by atoms with Gasteiger partial charge in [0, 0.05) is 11.3 Å². The lowest BCUT2D eigenvalue weighted by Gasteiger charge is -2.11. The molecule has 142 valence electrons. The number of hydrogen-bond acceptors (Lipinski definition) is 5. The Labute approximate surface area is 171 Å². The lowest BCUT2D eigenvalue weighted by Crippen LogP contribution is -2.15. The first-order valence-corrected chi connectivity index (χ1v) is 10.2. The molecule has 28 heavy (non-hydrogen) atoms. The minimum absolute atomic E-state index is 0.158. The van der Waals surface area contributed by atoms with Gasteiger partial charge in [-0.15, -0.1) is 10.2 Å². The van der Waals surface area contributed by atoms with E-state index in [4.69, 9.17) is 16.6 Å². The molecule has 0 fully saturated rings. The average Bonchev–Trinajstić information content (AvgIpc) is 3.12. The van der Waals surface area contributed by atoms with Crippen molar-refractivity contribution in [3.05, 3.63) is 59.4 Å². The number of carbonyl (C=O) groups is 1. The highest BCUT2D eigenvalue weighted by Gasteiger charge is 2.18. The maximum absolute atomic E-state index is 12.4. The van der Waals surface area contributed by atoms with Gasteiger partial charge >= 0.3 is 0 Å². The van der Waals surface area contributed by atoms with Crippen molar-refractivity contribution in [2.45, 2.75) is 24.9 Å². The minimum Gasteiger partial charge on any atom is -0.324 e. The van der Waals surface area contributed by atoms with Crippen molar-refractivity contribution in [2.24, 2.45) is 0 Å². The summed E-state index contributed by atoms with van der Waals surface area (Å²) in [6.07, 6.45) is 0. The molecule has 4 aromatic rings. The SMILES string of the molecule is CC(C)c1nc2ccccc2c2nnc(SCC(=O)Nc3ccccc3Cl)n12. The van der Waals surface area contributed by atoms with Gasteiger partial charge < -0.3 is 5.32 Å². The van der Waals surface area contributed by atoms with Crippen LogP contribution in [0.1, 0.15) is 25.6 Å². The molecule has 1 N–H and O–H groups in total. The van der Waals surface area contributed by atoms with Gasteiger partial charge in [0.05, 0.1) is 22.0 Å². The molecule has 0 aliphatic heterocycles. The second kappa shape index (κ2) is 7.77. The van der Waals surface area contributed by atoms with Crippen LogP contribution in [0.25, 0.3) is 16.6 Å². The molecule has 0 radical (unpaired) electrons. The molecule has 0 atom stereocenters. The summed E-state index contributed by atoms with van der Waals surface area (Å²) in [4.78, 5) is 17.2. The highest BCUT2D eigenvalue weighted by Crippen LogP contribution is 2.27. The summed E-state index contributed by atoms with van der Waals surface area (Å²) < 4.78 is 1.94. The van der Waals surface area contributed by atoms with Crippen LogP contribution in [0.2, 0.25) is 5.02 Å². The van der Waals surface area contributed by atoms with Crippen LogP contribution in [0, 0.1) is 0 Å². The van der Waals surface area contributed by atoms with Gasteiger partial charge in [-0.3, -0.25) is 9.20 Å². The van der Waals surface area contributed by atoms with Gasteiger partial charge in [-0.1, -0.05) is 61.5 Å². The fourth-order valence-electron chi connectivity index (χ4n) is 2.94. The normalized spacial score (nSPS) is 11.4. The van der Waals surface area contributed by atoms with Crippen molar-refractivity contribution in [3.8, 4) is 0 Å². The van der Waals surface area contributed by atoms with Crippen LogP contribution in [0.15, 0.2) is 53.7 Å². The number of fused-ring (bicyclic) bond motifs is 3. The van der Waals surface area contributed by atoms with E-state index in [0.717, 1.165) is 22.4 Å². The molecule has 0 bridgehead atoms. The molecule has 0 unspecified atom stereocenters. The molecular weight excluding hydrogens is 394 g/mol. The smallest absolute Gasteiger partial charge is 0.234 e. The average molecular weight is 412 g/mol. The van der Waals surface area contributed by atoms with Crippen molar-refractivity contribution in [1.82, 2.24) is 19.6 Å². The second-order valence-corrected chi connectivity index (χ2v) is 7.95. The number of anilines is 1. The first kappa shape index (κ1) is 18.7. The molecule has 8 heteroatoms. The topological polar surface area (TPSA) is 72.2 Å². The molecule has 0 saturated carbocycles. The molecule has 1 amide bonds. The van der Waals surface area contributed by atoms with Crippen LogP contribution < -0.4 is 5.32 Å². The fraction of sp³-hybridized carbons (Fsp3) is 0.200. The highest BCUT2D eigenvalue weighted by atomic mass is 35.5. The summed E-state index contributed by atoms with van der Waals surface area (Å²) in [5.41, 5.74) is 2.24. The lowest BCUT2D eigenvalue weighted by atomic mass is 10.2. The van der Waals surface area contributed by atoms with E-state index in [-0.39, 0.29) is 17.6 Å². The maximum atomic E-state index is 12.4. The molecule has 4 rings (SSSR count). The van der Waals surface area contributed by atoms with Gasteiger partial charge in [-0.25, -0.2) is 4.98 Å². The molecule has 0 saturated heterocycles. The zero-order chi connectivity index (χ0) is 19.7. The zero-order valence-corrected chi connectivity index (χ0v) is 17.0. The van der Waals surface area contributed by atoms with Crippen LogP contribution in [0.4, 0.5) is 5.69 Å². The second-order valence-electron chi connectivity index (χ2n) is 6.60. The number of carbonyl (C=O) groups excluding carboxylic acids is 1. The number of para-hydroxylation sites is 2. The zero-order valence-electron chi connectivity index (χ0n) is 15.4. The maximum Gasteiger partial charge on any atom is 0.234 e. The van der Waals surface area contributed by atoms with Gasteiger partial charge in [0.1, 0.15) is 5.82 Å². The van der Waals surface area contributed by atoms with Crippen LogP contribution in [-0.4, -0.2) is 31.2 Å². The number of thioether (sulfide) groups is 1. The summed E-state index contributed by atoms with van der Waals surface area (Å²) in [7, 11) is 0. The molecule has 2 aromatic heterocycles. The number of nitrogens with zero attached hydrogens (tertiary/aromatic N) is 4. The van der Waals surface area contributed by atoms with Gasteiger partial charge in [0.2, 0.25) is 5.91 Å². The first-order valence-electron chi connectivity index (χ1n) is 8.85. The van der Waals surface area contributed by atoms with Gasteiger partial charge in [-0.05, 0) is 24.3 Å². The molecule has 0 aliphatic rings. The van der Waals surface area contributed by atoms with E-state index in [1.165, 1.54) is 11.8 Å². The summed E-state index contributed by atoms with van der Waals surface area (Å²) in [6.45, 7) is 4.16. The van der Waals surface area contributed by atoms with E-state index in [0.29, 0.717) is 15.9 Å². The van der Waals surface area contributed by atoms with Crippen LogP contribution in [-0.2, 0) is 4.79 Å². The Kier molecular flexibility index (Phi) is 5.19. The Hall–Kier alpha value is -2.64. The summed E-state index contributed by atoms with van der Waals surface area (Å²) in [6, 6.07) is 15.0. The largest absolute Gasteiger partial charge is 0.324 e. The van der Waals surface area contributed by atoms with Gasteiger partial charge in [-0.2, -0.15) is 0 Å². The molecule has 0 aliphatic carbocycles. The monoisotopic (exact) mass is 411 g/mol. The molecule has 2 heterocycles. The summed E-state index contributed by atoms with van der Waals surface area (Å²) in [5, 5.41) is 13.6. The summed E-state index contributed by atoms with van der Waals surface area (Å²) >= 11 is 7.43. The predicted octanol–water partition coefficient (Wildman–Crippen LogP) is 4.79. The number of rotatable bonds is 5. The Morgan fingerprint density at radius 1 is 1.14 bits per heavy atom. The molecular formula is C20H18ClN5OS. The number of amides is 1. The molecule has 2 aromatic carbocycles. The standard InChI is InChI=1S/C20H18ClN5OS/c1-12(2)18-23-15-9-5-3-7-13(15)19-24-25-20(26(18)19)28-11-17(27)22-16-10-6-4-8-14(16)21/h3-10,12H,11H2,1-2H3,(H,22,27). The van der Waals surface area contributed by atoms with E-state index >= 15 is 0 Å². The number of benzene rings is 2. The van der Waals surface area contributed by atoms with Crippen molar-refractivity contribution in [3.63, 3.8) is 0 Å². The van der Waals surface area contributed by atoms with Gasteiger partial charge in [0.25, 0.3) is 0 Å². The summed E-state index contributed by atoms with van der Waals surface area (Å²) in [5.74, 6) is 1.08. The van der Waals surface area contributed by atoms with Crippen LogP contribution in [0.5, 0.6) is 0 Å². The van der Waals surface area contributed by atoms with E-state index in [1.54, 1.807) is 12.1 Å². The van der Waals surface area contributed by atoms with Crippen molar-refractivity contribution >= 4 is 51.5 Å². The number of aromatic nitrogens is 4. The molecule has 6 nitrogen and oxygen atoms in total. The van der Waals surface area contributed by atoms with Crippen LogP contribution >= 0.6 is 23.4 Å². The highest BCUT2D eigenvalue weighted by molar-refractivity contribution is 7.99. The minimum atomic E-state index is -0.158. The third-order valence-corrected chi connectivity index (χ3v) is 5.50. The number of halogens is 1. The van der Waals surface area contributed by atoms with Crippen molar-refractivity contribution in [2.75, 3.05) is 11.1 Å². The number of nitrogens with one attached hydrogen (secondary N) is 1. The molecule has 0 spiro atoms. The Morgan fingerprint density at radius 2 is 1.89 bits per heavy atom. The number of hydrogen-bond donors (Lipinski definition) is 1. The Bertz CT molecular complexity index is 1170. The fourth-order valence-corrected chi connectivity index (χ4v) is 3.87. The predicted molar refractivity (Wildman–Crippen MR) is 113 cm³/mol. The van der Waals surface area contributed by atoms with E-state index in [9.17, 15) is 4.79 Å². The van der Waals surface area contributed by atoms with Gasteiger partial charge in [0.15, 0.2) is 10.8 Å². The van der Waals surface area contributed by atoms with E-state index < -0.39 is 0 Å². The Morgan fingerprint density at radius 3 is 2.68 bits per heavy atom. The van der Waals surface area contributed by atoms with E-state index in [2.05, 4.69) is 29.4 Å².